The third-order valence-corrected chi connectivity index (χ3v) is 1.55. The van der Waals surface area contributed by atoms with Gasteiger partial charge >= 0.3 is 0 Å². The molecule has 0 spiro atoms. The number of para-hydroxylation sites is 1. The minimum Gasteiger partial charge on any atom is -0.361 e. The van der Waals surface area contributed by atoms with E-state index < -0.39 is 0 Å². The number of hydrogen-bond acceptors (Lipinski definition) is 2. The number of aromatic amines is 1. The smallest absolute Gasteiger partial charge is 0.0815 e. The van der Waals surface area contributed by atoms with Crippen molar-refractivity contribution >= 4 is 10.9 Å². The van der Waals surface area contributed by atoms with Crippen molar-refractivity contribution in [2.24, 2.45) is 5.73 Å². The zero-order chi connectivity index (χ0) is 9.52. The molecule has 0 fully saturated rings. The number of benzene rings is 1. The van der Waals surface area contributed by atoms with Crippen LogP contribution in [0.1, 0.15) is 0 Å². The molecule has 0 aliphatic carbocycles. The number of H-pyrrole nitrogens is 1. The van der Waals surface area contributed by atoms with Crippen LogP contribution in [0.15, 0.2) is 36.5 Å². The molecule has 0 radical (unpaired) electrons. The van der Waals surface area contributed by atoms with Gasteiger partial charge in [-0.05, 0) is 17.5 Å². The predicted octanol–water partition coefficient (Wildman–Crippen LogP) is 1.64. The second-order valence-corrected chi connectivity index (χ2v) is 2.43. The van der Waals surface area contributed by atoms with Gasteiger partial charge in [-0.1, -0.05) is 18.2 Å². The Morgan fingerprint density at radius 1 is 1.31 bits per heavy atom. The van der Waals surface area contributed by atoms with E-state index in [9.17, 15) is 0 Å². The van der Waals surface area contributed by atoms with Crippen LogP contribution in [0.25, 0.3) is 10.9 Å². The van der Waals surface area contributed by atoms with Gasteiger partial charge in [-0.15, -0.1) is 0 Å². The van der Waals surface area contributed by atoms with Crippen LogP contribution in [0.4, 0.5) is 0 Å². The molecule has 3 nitrogen and oxygen atoms in total. The van der Waals surface area contributed by atoms with E-state index in [1.165, 1.54) is 10.9 Å². The molecule has 0 saturated heterocycles. The molecule has 0 amide bonds. The Bertz CT molecular complexity index is 367. The summed E-state index contributed by atoms with van der Waals surface area (Å²) in [6.45, 7) is 0.125. The van der Waals surface area contributed by atoms with Gasteiger partial charge in [0, 0.05) is 11.7 Å². The summed E-state index contributed by atoms with van der Waals surface area (Å²) in [5.41, 5.74) is 5.87. The number of nitriles is 1. The molecule has 66 valence electrons. The fourth-order valence-corrected chi connectivity index (χ4v) is 0.995. The van der Waals surface area contributed by atoms with Crippen molar-refractivity contribution in [3.8, 4) is 6.07 Å². The fourth-order valence-electron chi connectivity index (χ4n) is 0.995. The van der Waals surface area contributed by atoms with Gasteiger partial charge in [0.05, 0.1) is 12.6 Å². The normalized spacial score (nSPS) is 8.62. The highest BCUT2D eigenvalue weighted by Crippen LogP contribution is 2.09. The lowest BCUT2D eigenvalue weighted by Gasteiger charge is -1.83. The molecule has 3 N–H and O–H groups in total. The van der Waals surface area contributed by atoms with E-state index in [1.54, 1.807) is 6.07 Å². The first-order valence-electron chi connectivity index (χ1n) is 3.97. The Balaban J connectivity index is 0.000000184. The van der Waals surface area contributed by atoms with E-state index in [4.69, 9.17) is 5.26 Å². The first kappa shape index (κ1) is 9.30. The Morgan fingerprint density at radius 2 is 2.00 bits per heavy atom. The fraction of sp³-hybridized carbons (Fsp3) is 0.100. The van der Waals surface area contributed by atoms with Crippen LogP contribution < -0.4 is 5.73 Å². The summed E-state index contributed by atoms with van der Waals surface area (Å²) in [5.74, 6) is 0. The first-order chi connectivity index (χ1) is 6.38. The van der Waals surface area contributed by atoms with Gasteiger partial charge in [0.25, 0.3) is 0 Å². The topological polar surface area (TPSA) is 65.6 Å². The highest BCUT2D eigenvalue weighted by molar-refractivity contribution is 5.78. The van der Waals surface area contributed by atoms with Gasteiger partial charge in [0.2, 0.25) is 0 Å². The lowest BCUT2D eigenvalue weighted by atomic mass is 10.3. The molecule has 2 rings (SSSR count). The molecule has 0 aliphatic heterocycles. The molecule has 3 heteroatoms. The minimum absolute atomic E-state index is 0.125. The van der Waals surface area contributed by atoms with Gasteiger partial charge in [-0.2, -0.15) is 5.26 Å². The molecule has 1 aromatic carbocycles. The van der Waals surface area contributed by atoms with Crippen molar-refractivity contribution in [1.29, 1.82) is 5.26 Å². The van der Waals surface area contributed by atoms with Crippen molar-refractivity contribution in [3.63, 3.8) is 0 Å². The average molecular weight is 173 g/mol. The maximum atomic E-state index is 7.50. The van der Waals surface area contributed by atoms with Crippen molar-refractivity contribution < 1.29 is 0 Å². The molecular weight excluding hydrogens is 162 g/mol. The summed E-state index contributed by atoms with van der Waals surface area (Å²) in [5, 5.41) is 8.78. The highest BCUT2D eigenvalue weighted by atomic mass is 14.7. The minimum atomic E-state index is 0.125. The zero-order valence-corrected chi connectivity index (χ0v) is 7.20. The van der Waals surface area contributed by atoms with Gasteiger partial charge in [0.15, 0.2) is 0 Å². The van der Waals surface area contributed by atoms with Crippen LogP contribution in [0.3, 0.4) is 0 Å². The summed E-state index contributed by atoms with van der Waals surface area (Å²) < 4.78 is 0. The van der Waals surface area contributed by atoms with Crippen molar-refractivity contribution in [1.82, 2.24) is 4.98 Å². The third kappa shape index (κ3) is 2.62. The maximum Gasteiger partial charge on any atom is 0.0815 e. The zero-order valence-electron chi connectivity index (χ0n) is 7.20. The van der Waals surface area contributed by atoms with Gasteiger partial charge in [-0.25, -0.2) is 0 Å². The summed E-state index contributed by atoms with van der Waals surface area (Å²) in [4.78, 5) is 3.12. The van der Waals surface area contributed by atoms with Crippen LogP contribution in [0, 0.1) is 11.3 Å². The SMILES string of the molecule is N#CCN.c1ccc2[nH]ccc2c1. The Labute approximate surface area is 76.8 Å². The second kappa shape index (κ2) is 4.96. The lowest BCUT2D eigenvalue weighted by molar-refractivity contribution is 1.25. The van der Waals surface area contributed by atoms with Crippen LogP contribution in [-0.4, -0.2) is 11.5 Å². The second-order valence-electron chi connectivity index (χ2n) is 2.43. The van der Waals surface area contributed by atoms with Crippen LogP contribution >= 0.6 is 0 Å². The Hall–Kier alpha value is -1.79. The molecule has 13 heavy (non-hydrogen) atoms. The largest absolute Gasteiger partial charge is 0.361 e. The van der Waals surface area contributed by atoms with E-state index in [2.05, 4.69) is 28.9 Å². The summed E-state index contributed by atoms with van der Waals surface area (Å²) >= 11 is 0. The quantitative estimate of drug-likeness (QED) is 0.595. The van der Waals surface area contributed by atoms with Crippen LogP contribution in [0.5, 0.6) is 0 Å². The lowest BCUT2D eigenvalue weighted by Crippen LogP contribution is -1.91. The van der Waals surface area contributed by atoms with E-state index in [0.29, 0.717) is 0 Å². The van der Waals surface area contributed by atoms with E-state index >= 15 is 0 Å². The summed E-state index contributed by atoms with van der Waals surface area (Å²) in [6.07, 6.45) is 1.95. The van der Waals surface area contributed by atoms with E-state index in [0.717, 1.165) is 0 Å². The molecule has 0 aliphatic rings. The molecule has 2 aromatic rings. The van der Waals surface area contributed by atoms with Gasteiger partial charge in [-0.3, -0.25) is 0 Å². The average Bonchev–Trinajstić information content (AvgIpc) is 2.66. The number of aromatic nitrogens is 1. The number of nitrogens with one attached hydrogen (secondary N) is 1. The number of rotatable bonds is 0. The van der Waals surface area contributed by atoms with Gasteiger partial charge < -0.3 is 10.7 Å². The number of hydrogen-bond donors (Lipinski definition) is 2. The van der Waals surface area contributed by atoms with Gasteiger partial charge in [0.1, 0.15) is 0 Å². The number of nitrogens with zero attached hydrogens (tertiary/aromatic N) is 1. The third-order valence-electron chi connectivity index (χ3n) is 1.55. The molecule has 0 bridgehead atoms. The molecule has 1 aromatic heterocycles. The maximum absolute atomic E-state index is 7.50. The van der Waals surface area contributed by atoms with Crippen LogP contribution in [-0.2, 0) is 0 Å². The Morgan fingerprint density at radius 3 is 2.62 bits per heavy atom. The first-order valence-corrected chi connectivity index (χ1v) is 3.97. The number of nitrogens with two attached hydrogens (primary N) is 1. The number of fused-ring (bicyclic) bond motifs is 1. The summed E-state index contributed by atoms with van der Waals surface area (Å²) in [6, 6.07) is 12.0. The summed E-state index contributed by atoms with van der Waals surface area (Å²) in [7, 11) is 0. The van der Waals surface area contributed by atoms with Crippen molar-refractivity contribution in [2.75, 3.05) is 6.54 Å². The van der Waals surface area contributed by atoms with Crippen LogP contribution in [0.2, 0.25) is 0 Å². The molecule has 1 heterocycles. The monoisotopic (exact) mass is 173 g/mol. The molecule has 0 saturated carbocycles. The van der Waals surface area contributed by atoms with E-state index in [-0.39, 0.29) is 6.54 Å². The van der Waals surface area contributed by atoms with Crippen molar-refractivity contribution in [3.05, 3.63) is 36.5 Å². The molecular formula is C10H11N3. The van der Waals surface area contributed by atoms with Crippen molar-refractivity contribution in [2.45, 2.75) is 0 Å². The highest BCUT2D eigenvalue weighted by Gasteiger charge is 1.86. The predicted molar refractivity (Wildman–Crippen MR) is 53.0 cm³/mol. The molecule has 0 atom stereocenters. The Kier molecular flexibility index (Phi) is 3.55. The standard InChI is InChI=1S/C8H7N.C2H4N2/c1-2-4-8-7(3-1)5-6-9-8;3-1-2-4/h1-6,9H;1,3H2. The molecule has 0 unspecified atom stereocenters. The van der Waals surface area contributed by atoms with E-state index in [1.807, 2.05) is 18.3 Å².